The van der Waals surface area contributed by atoms with E-state index < -0.39 is 15.9 Å². The van der Waals surface area contributed by atoms with E-state index >= 15 is 0 Å². The second-order valence-electron chi connectivity index (χ2n) is 6.39. The molecule has 0 bridgehead atoms. The Morgan fingerprint density at radius 3 is 2.67 bits per heavy atom. The van der Waals surface area contributed by atoms with Crippen molar-refractivity contribution >= 4 is 49.8 Å². The molecular formula is C20H15ClN4O4S. The van der Waals surface area contributed by atoms with E-state index in [9.17, 15) is 18.3 Å². The molecule has 1 heterocycles. The van der Waals surface area contributed by atoms with E-state index in [1.54, 1.807) is 42.6 Å². The van der Waals surface area contributed by atoms with Gasteiger partial charge in [-0.05, 0) is 42.5 Å². The summed E-state index contributed by atoms with van der Waals surface area (Å²) in [4.78, 5) is 12.6. The van der Waals surface area contributed by atoms with Crippen LogP contribution in [-0.2, 0) is 10.0 Å². The summed E-state index contributed by atoms with van der Waals surface area (Å²) in [6, 6.07) is 14.9. The maximum atomic E-state index is 12.7. The Bertz CT molecular complexity index is 1370. The SMILES string of the molecule is O=C(Nc1cc(S(=O)(=O)Nc2cccc(Cl)c2)ccc1O)c1cccc2cn[nH]c12. The first-order chi connectivity index (χ1) is 14.3. The Labute approximate surface area is 176 Å². The van der Waals surface area contributed by atoms with E-state index in [1.165, 1.54) is 24.3 Å². The molecule has 1 amide bonds. The lowest BCUT2D eigenvalue weighted by molar-refractivity contribution is 0.102. The van der Waals surface area contributed by atoms with E-state index in [2.05, 4.69) is 20.2 Å². The zero-order valence-electron chi connectivity index (χ0n) is 15.3. The molecule has 4 aromatic rings. The first-order valence-corrected chi connectivity index (χ1v) is 10.5. The number of hydrogen-bond acceptors (Lipinski definition) is 5. The Morgan fingerprint density at radius 1 is 1.07 bits per heavy atom. The molecule has 30 heavy (non-hydrogen) atoms. The molecule has 0 aliphatic carbocycles. The number of nitrogens with zero attached hydrogens (tertiary/aromatic N) is 1. The minimum atomic E-state index is -3.98. The number of phenols is 1. The summed E-state index contributed by atoms with van der Waals surface area (Å²) in [5, 5.41) is 20.5. The number of amides is 1. The topological polar surface area (TPSA) is 124 Å². The highest BCUT2D eigenvalue weighted by Crippen LogP contribution is 2.29. The van der Waals surface area contributed by atoms with Gasteiger partial charge in [0.1, 0.15) is 5.75 Å². The van der Waals surface area contributed by atoms with Gasteiger partial charge in [0.2, 0.25) is 0 Å². The number of rotatable bonds is 5. The second-order valence-corrected chi connectivity index (χ2v) is 8.51. The lowest BCUT2D eigenvalue weighted by Crippen LogP contribution is -2.15. The van der Waals surface area contributed by atoms with Crippen LogP contribution in [-0.4, -0.2) is 29.6 Å². The normalized spacial score (nSPS) is 11.4. The summed E-state index contributed by atoms with van der Waals surface area (Å²) < 4.78 is 27.8. The van der Waals surface area contributed by atoms with Crippen LogP contribution in [0.5, 0.6) is 5.75 Å². The van der Waals surface area contributed by atoms with Gasteiger partial charge < -0.3 is 10.4 Å². The van der Waals surface area contributed by atoms with Gasteiger partial charge in [0.15, 0.2) is 0 Å². The average Bonchev–Trinajstić information content (AvgIpc) is 3.18. The molecule has 0 saturated carbocycles. The van der Waals surface area contributed by atoms with Crippen molar-refractivity contribution < 1.29 is 18.3 Å². The molecule has 0 unspecified atom stereocenters. The third kappa shape index (κ3) is 3.93. The summed E-state index contributed by atoms with van der Waals surface area (Å²) in [6.07, 6.45) is 1.58. The Hall–Kier alpha value is -3.56. The van der Waals surface area contributed by atoms with E-state index in [1.807, 2.05) is 0 Å². The highest BCUT2D eigenvalue weighted by Gasteiger charge is 2.19. The van der Waals surface area contributed by atoms with Gasteiger partial charge in [0, 0.05) is 10.4 Å². The molecule has 0 atom stereocenters. The third-order valence-electron chi connectivity index (χ3n) is 4.32. The molecule has 4 N–H and O–H groups in total. The molecule has 8 nitrogen and oxygen atoms in total. The average molecular weight is 443 g/mol. The van der Waals surface area contributed by atoms with Crippen molar-refractivity contribution in [2.24, 2.45) is 0 Å². The monoisotopic (exact) mass is 442 g/mol. The van der Waals surface area contributed by atoms with Gasteiger partial charge in [-0.3, -0.25) is 14.6 Å². The third-order valence-corrected chi connectivity index (χ3v) is 5.94. The quantitative estimate of drug-likeness (QED) is 0.348. The van der Waals surface area contributed by atoms with Gasteiger partial charge in [-0.15, -0.1) is 0 Å². The van der Waals surface area contributed by atoms with Crippen LogP contribution in [0.15, 0.2) is 71.8 Å². The fourth-order valence-corrected chi connectivity index (χ4v) is 4.16. The van der Waals surface area contributed by atoms with E-state index in [0.717, 1.165) is 5.39 Å². The molecule has 1 aromatic heterocycles. The lowest BCUT2D eigenvalue weighted by atomic mass is 10.1. The molecule has 0 spiro atoms. The summed E-state index contributed by atoms with van der Waals surface area (Å²) >= 11 is 5.89. The number of para-hydroxylation sites is 1. The second kappa shape index (κ2) is 7.69. The van der Waals surface area contributed by atoms with Gasteiger partial charge in [0.25, 0.3) is 15.9 Å². The molecule has 0 aliphatic rings. The number of fused-ring (bicyclic) bond motifs is 1. The van der Waals surface area contributed by atoms with Crippen molar-refractivity contribution in [3.63, 3.8) is 0 Å². The molecule has 10 heteroatoms. The first kappa shape index (κ1) is 19.7. The zero-order chi connectivity index (χ0) is 21.3. The molecule has 3 aromatic carbocycles. The number of sulfonamides is 1. The van der Waals surface area contributed by atoms with Gasteiger partial charge in [0.05, 0.1) is 33.5 Å². The van der Waals surface area contributed by atoms with E-state index in [-0.39, 0.29) is 22.0 Å². The Balaban J connectivity index is 1.63. The predicted octanol–water partition coefficient (Wildman–Crippen LogP) is 3.98. The molecule has 152 valence electrons. The van der Waals surface area contributed by atoms with Crippen LogP contribution < -0.4 is 10.0 Å². The Kier molecular flexibility index (Phi) is 5.06. The van der Waals surface area contributed by atoms with Gasteiger partial charge >= 0.3 is 0 Å². The number of hydrogen-bond donors (Lipinski definition) is 4. The first-order valence-electron chi connectivity index (χ1n) is 8.68. The fourth-order valence-electron chi connectivity index (χ4n) is 2.90. The number of H-pyrrole nitrogens is 1. The van der Waals surface area contributed by atoms with E-state index in [4.69, 9.17) is 11.6 Å². The zero-order valence-corrected chi connectivity index (χ0v) is 16.8. The van der Waals surface area contributed by atoms with Crippen LogP contribution in [0.2, 0.25) is 5.02 Å². The molecule has 0 radical (unpaired) electrons. The largest absolute Gasteiger partial charge is 0.506 e. The number of anilines is 2. The van der Waals surface area contributed by atoms with Crippen molar-refractivity contribution in [2.45, 2.75) is 4.90 Å². The standard InChI is InChI=1S/C20H15ClN4O4S/c21-13-4-2-5-14(9-13)25-30(28,29)15-7-8-18(26)17(10-15)23-20(27)16-6-1-3-12-11-22-24-19(12)16/h1-11,25-26H,(H,22,24)(H,23,27). The van der Waals surface area contributed by atoms with Gasteiger partial charge in [-0.1, -0.05) is 29.8 Å². The van der Waals surface area contributed by atoms with Crippen molar-refractivity contribution in [1.29, 1.82) is 0 Å². The lowest BCUT2D eigenvalue weighted by Gasteiger charge is -2.12. The van der Waals surface area contributed by atoms with Crippen LogP contribution in [0.3, 0.4) is 0 Å². The number of aromatic hydroxyl groups is 1. The highest BCUT2D eigenvalue weighted by atomic mass is 35.5. The summed E-state index contributed by atoms with van der Waals surface area (Å²) in [7, 11) is -3.98. The summed E-state index contributed by atoms with van der Waals surface area (Å²) in [5.74, 6) is -0.806. The van der Waals surface area contributed by atoms with E-state index in [0.29, 0.717) is 16.1 Å². The number of carbonyl (C=O) groups excluding carboxylic acids is 1. The number of nitrogens with one attached hydrogen (secondary N) is 3. The fraction of sp³-hybridized carbons (Fsp3) is 0. The number of aromatic nitrogens is 2. The summed E-state index contributed by atoms with van der Waals surface area (Å²) in [6.45, 7) is 0. The number of aromatic amines is 1. The van der Waals surface area contributed by atoms with Crippen LogP contribution in [0.1, 0.15) is 10.4 Å². The molecular weight excluding hydrogens is 428 g/mol. The maximum Gasteiger partial charge on any atom is 0.261 e. The smallest absolute Gasteiger partial charge is 0.261 e. The maximum absolute atomic E-state index is 12.7. The van der Waals surface area contributed by atoms with Crippen molar-refractivity contribution in [2.75, 3.05) is 10.0 Å². The minimum Gasteiger partial charge on any atom is -0.506 e. The van der Waals surface area contributed by atoms with Crippen LogP contribution >= 0.6 is 11.6 Å². The molecule has 4 rings (SSSR count). The van der Waals surface area contributed by atoms with Gasteiger partial charge in [-0.2, -0.15) is 5.10 Å². The highest BCUT2D eigenvalue weighted by molar-refractivity contribution is 7.92. The number of carbonyl (C=O) groups is 1. The van der Waals surface area contributed by atoms with Crippen LogP contribution in [0.25, 0.3) is 10.9 Å². The number of halogens is 1. The van der Waals surface area contributed by atoms with Gasteiger partial charge in [-0.25, -0.2) is 8.42 Å². The predicted molar refractivity (Wildman–Crippen MR) is 114 cm³/mol. The Morgan fingerprint density at radius 2 is 1.87 bits per heavy atom. The molecule has 0 aliphatic heterocycles. The van der Waals surface area contributed by atoms with Crippen LogP contribution in [0, 0.1) is 0 Å². The molecule has 0 fully saturated rings. The number of phenolic OH excluding ortho intramolecular Hbond substituents is 1. The van der Waals surface area contributed by atoms with Crippen molar-refractivity contribution in [3.8, 4) is 5.75 Å². The molecule has 0 saturated heterocycles. The van der Waals surface area contributed by atoms with Crippen molar-refractivity contribution in [3.05, 3.63) is 77.4 Å². The van der Waals surface area contributed by atoms with Crippen molar-refractivity contribution in [1.82, 2.24) is 10.2 Å². The summed E-state index contributed by atoms with van der Waals surface area (Å²) in [5.41, 5.74) is 1.06. The van der Waals surface area contributed by atoms with Crippen LogP contribution in [0.4, 0.5) is 11.4 Å². The number of benzene rings is 3. The minimum absolute atomic E-state index is 0.0505.